The highest BCUT2D eigenvalue weighted by molar-refractivity contribution is 4.89. The molecule has 0 amide bonds. The molecule has 0 aromatic heterocycles. The molecule has 62 valence electrons. The number of nitrogens with zero attached hydrogens (tertiary/aromatic N) is 1. The minimum Gasteiger partial charge on any atom is -0.317 e. The average Bonchev–Trinajstić information content (AvgIpc) is 2.09. The normalized spacial score (nSPS) is 22.5. The smallest absolute Gasteiger partial charge is 0.0658 e. The summed E-state index contributed by atoms with van der Waals surface area (Å²) in [7, 11) is 0. The van der Waals surface area contributed by atoms with E-state index in [2.05, 4.69) is 18.3 Å². The van der Waals surface area contributed by atoms with E-state index in [-0.39, 0.29) is 0 Å². The first-order valence-electron chi connectivity index (χ1n) is 4.48. The third-order valence-corrected chi connectivity index (χ3v) is 2.56. The van der Waals surface area contributed by atoms with Crippen molar-refractivity contribution in [3.8, 4) is 6.07 Å². The van der Waals surface area contributed by atoms with Crippen molar-refractivity contribution in [2.24, 2.45) is 11.8 Å². The number of piperidine rings is 1. The molecule has 1 aliphatic rings. The Kier molecular flexibility index (Phi) is 3.38. The molecule has 0 aromatic carbocycles. The Bertz CT molecular complexity index is 142. The molecule has 2 heteroatoms. The van der Waals surface area contributed by atoms with Crippen LogP contribution in [0.5, 0.6) is 0 Å². The molecule has 0 bridgehead atoms. The maximum Gasteiger partial charge on any atom is 0.0658 e. The van der Waals surface area contributed by atoms with Gasteiger partial charge < -0.3 is 5.32 Å². The molecule has 1 heterocycles. The summed E-state index contributed by atoms with van der Waals surface area (Å²) in [4.78, 5) is 0. The number of hydrogen-bond acceptors (Lipinski definition) is 2. The highest BCUT2D eigenvalue weighted by atomic mass is 14.9. The summed E-state index contributed by atoms with van der Waals surface area (Å²) in [5.41, 5.74) is 0. The monoisotopic (exact) mass is 152 g/mol. The van der Waals surface area contributed by atoms with Crippen molar-refractivity contribution in [3.63, 3.8) is 0 Å². The van der Waals surface area contributed by atoms with E-state index in [0.717, 1.165) is 19.5 Å². The van der Waals surface area contributed by atoms with E-state index in [1.807, 2.05) is 0 Å². The van der Waals surface area contributed by atoms with Crippen LogP contribution in [0.4, 0.5) is 0 Å². The van der Waals surface area contributed by atoms with Crippen LogP contribution in [0.2, 0.25) is 0 Å². The Labute approximate surface area is 68.6 Å². The molecule has 2 nitrogen and oxygen atoms in total. The Balaban J connectivity index is 2.38. The Morgan fingerprint density at radius 2 is 2.18 bits per heavy atom. The molecular weight excluding hydrogens is 136 g/mol. The molecule has 0 aromatic rings. The van der Waals surface area contributed by atoms with Crippen LogP contribution < -0.4 is 5.32 Å². The first-order valence-corrected chi connectivity index (χ1v) is 4.48. The molecule has 1 atom stereocenters. The molecular formula is C9H16N2. The lowest BCUT2D eigenvalue weighted by atomic mass is 9.84. The fourth-order valence-electron chi connectivity index (χ4n) is 1.78. The molecule has 1 rings (SSSR count). The zero-order valence-corrected chi connectivity index (χ0v) is 7.14. The Hall–Kier alpha value is -0.550. The fourth-order valence-corrected chi connectivity index (χ4v) is 1.78. The van der Waals surface area contributed by atoms with E-state index in [9.17, 15) is 0 Å². The highest BCUT2D eigenvalue weighted by Gasteiger charge is 2.21. The quantitative estimate of drug-likeness (QED) is 0.651. The van der Waals surface area contributed by atoms with Crippen LogP contribution in [-0.2, 0) is 0 Å². The van der Waals surface area contributed by atoms with Gasteiger partial charge in [-0.3, -0.25) is 0 Å². The van der Waals surface area contributed by atoms with E-state index in [1.165, 1.54) is 12.8 Å². The van der Waals surface area contributed by atoms with Gasteiger partial charge in [-0.15, -0.1) is 0 Å². The van der Waals surface area contributed by atoms with Gasteiger partial charge in [0, 0.05) is 5.92 Å². The minimum absolute atomic E-state index is 0.303. The summed E-state index contributed by atoms with van der Waals surface area (Å²) in [5, 5.41) is 12.1. The van der Waals surface area contributed by atoms with Crippen molar-refractivity contribution in [2.75, 3.05) is 13.1 Å². The predicted octanol–water partition coefficient (Wildman–Crippen LogP) is 1.54. The van der Waals surface area contributed by atoms with E-state index in [0.29, 0.717) is 11.8 Å². The Morgan fingerprint density at radius 3 is 2.64 bits per heavy atom. The van der Waals surface area contributed by atoms with Crippen LogP contribution in [0, 0.1) is 23.2 Å². The maximum atomic E-state index is 8.81. The lowest BCUT2D eigenvalue weighted by Crippen LogP contribution is -2.31. The Morgan fingerprint density at radius 1 is 1.55 bits per heavy atom. The van der Waals surface area contributed by atoms with Gasteiger partial charge in [-0.1, -0.05) is 6.92 Å². The summed E-state index contributed by atoms with van der Waals surface area (Å²) < 4.78 is 0. The van der Waals surface area contributed by atoms with Crippen LogP contribution in [-0.4, -0.2) is 13.1 Å². The van der Waals surface area contributed by atoms with Gasteiger partial charge in [0.15, 0.2) is 0 Å². The predicted molar refractivity (Wildman–Crippen MR) is 45.0 cm³/mol. The number of rotatable bonds is 2. The van der Waals surface area contributed by atoms with E-state index >= 15 is 0 Å². The molecule has 11 heavy (non-hydrogen) atoms. The molecule has 0 spiro atoms. The van der Waals surface area contributed by atoms with Gasteiger partial charge in [0.1, 0.15) is 0 Å². The van der Waals surface area contributed by atoms with Gasteiger partial charge in [-0.05, 0) is 38.3 Å². The first kappa shape index (κ1) is 8.55. The van der Waals surface area contributed by atoms with Crippen molar-refractivity contribution in [1.82, 2.24) is 5.32 Å². The van der Waals surface area contributed by atoms with Crippen LogP contribution in [0.1, 0.15) is 26.2 Å². The lowest BCUT2D eigenvalue weighted by Gasteiger charge is -2.25. The summed E-state index contributed by atoms with van der Waals surface area (Å²) in [6, 6.07) is 2.39. The second kappa shape index (κ2) is 4.35. The molecule has 1 unspecified atom stereocenters. The third-order valence-electron chi connectivity index (χ3n) is 2.56. The SMILES string of the molecule is CCC(C#N)C1CCNCC1. The standard InChI is InChI=1S/C9H16N2/c1-2-8(7-10)9-3-5-11-6-4-9/h8-9,11H,2-6H2,1H3. The zero-order valence-electron chi connectivity index (χ0n) is 7.14. The van der Waals surface area contributed by atoms with Gasteiger partial charge in [0.25, 0.3) is 0 Å². The zero-order chi connectivity index (χ0) is 8.10. The van der Waals surface area contributed by atoms with Crippen LogP contribution in [0.25, 0.3) is 0 Å². The minimum atomic E-state index is 0.303. The third kappa shape index (κ3) is 2.20. The largest absolute Gasteiger partial charge is 0.317 e. The average molecular weight is 152 g/mol. The van der Waals surface area contributed by atoms with Crippen molar-refractivity contribution >= 4 is 0 Å². The van der Waals surface area contributed by atoms with Crippen molar-refractivity contribution < 1.29 is 0 Å². The summed E-state index contributed by atoms with van der Waals surface area (Å²) in [6.07, 6.45) is 3.39. The van der Waals surface area contributed by atoms with Gasteiger partial charge in [-0.2, -0.15) is 5.26 Å². The van der Waals surface area contributed by atoms with Crippen LogP contribution in [0.15, 0.2) is 0 Å². The van der Waals surface area contributed by atoms with Crippen molar-refractivity contribution in [1.29, 1.82) is 5.26 Å². The molecule has 0 aliphatic carbocycles. The fraction of sp³-hybridized carbons (Fsp3) is 0.889. The highest BCUT2D eigenvalue weighted by Crippen LogP contribution is 2.23. The second-order valence-corrected chi connectivity index (χ2v) is 3.23. The van der Waals surface area contributed by atoms with Gasteiger partial charge in [0.05, 0.1) is 6.07 Å². The molecule has 1 aliphatic heterocycles. The molecule has 0 radical (unpaired) electrons. The lowest BCUT2D eigenvalue weighted by molar-refractivity contribution is 0.299. The molecule has 0 saturated carbocycles. The van der Waals surface area contributed by atoms with E-state index in [4.69, 9.17) is 5.26 Å². The van der Waals surface area contributed by atoms with Crippen molar-refractivity contribution in [2.45, 2.75) is 26.2 Å². The second-order valence-electron chi connectivity index (χ2n) is 3.23. The van der Waals surface area contributed by atoms with Gasteiger partial charge in [0.2, 0.25) is 0 Å². The van der Waals surface area contributed by atoms with Crippen LogP contribution in [0.3, 0.4) is 0 Å². The summed E-state index contributed by atoms with van der Waals surface area (Å²) >= 11 is 0. The van der Waals surface area contributed by atoms with E-state index in [1.54, 1.807) is 0 Å². The molecule has 1 fully saturated rings. The molecule has 1 saturated heterocycles. The van der Waals surface area contributed by atoms with E-state index < -0.39 is 0 Å². The first-order chi connectivity index (χ1) is 5.38. The maximum absolute atomic E-state index is 8.81. The summed E-state index contributed by atoms with van der Waals surface area (Å²) in [5.74, 6) is 0.961. The summed E-state index contributed by atoms with van der Waals surface area (Å²) in [6.45, 7) is 4.31. The van der Waals surface area contributed by atoms with Crippen LogP contribution >= 0.6 is 0 Å². The topological polar surface area (TPSA) is 35.8 Å². The number of nitriles is 1. The van der Waals surface area contributed by atoms with Gasteiger partial charge in [-0.25, -0.2) is 0 Å². The van der Waals surface area contributed by atoms with Gasteiger partial charge >= 0.3 is 0 Å². The van der Waals surface area contributed by atoms with Crippen molar-refractivity contribution in [3.05, 3.63) is 0 Å². The number of nitrogens with one attached hydrogen (secondary N) is 1. The molecule has 1 N–H and O–H groups in total. The number of hydrogen-bond donors (Lipinski definition) is 1.